The largest absolute Gasteiger partial charge is 0.487 e. The minimum absolute atomic E-state index is 0.488. The summed E-state index contributed by atoms with van der Waals surface area (Å²) in [4.78, 5) is 4.06. The maximum atomic E-state index is 5.84. The third kappa shape index (κ3) is 2.47. The second-order valence-electron chi connectivity index (χ2n) is 4.05. The summed E-state index contributed by atoms with van der Waals surface area (Å²) >= 11 is 0. The van der Waals surface area contributed by atoms with Gasteiger partial charge in [-0.25, -0.2) is 4.98 Å². The first-order valence-corrected chi connectivity index (χ1v) is 5.59. The Hall–Kier alpha value is -1.81. The molecule has 0 radical (unpaired) electrons. The molecule has 0 aliphatic heterocycles. The van der Waals surface area contributed by atoms with Gasteiger partial charge in [0.15, 0.2) is 0 Å². The van der Waals surface area contributed by atoms with E-state index in [0.29, 0.717) is 13.2 Å². The molecule has 0 aliphatic rings. The number of benzene rings is 1. The van der Waals surface area contributed by atoms with E-state index in [4.69, 9.17) is 10.5 Å². The van der Waals surface area contributed by atoms with Crippen molar-refractivity contribution in [2.75, 3.05) is 0 Å². The highest BCUT2D eigenvalue weighted by Crippen LogP contribution is 2.23. The fraction of sp³-hybridized carbons (Fsp3) is 0.308. The molecule has 0 amide bonds. The van der Waals surface area contributed by atoms with Crippen molar-refractivity contribution in [1.29, 1.82) is 0 Å². The van der Waals surface area contributed by atoms with Crippen molar-refractivity contribution >= 4 is 0 Å². The third-order valence-corrected chi connectivity index (χ3v) is 2.79. The summed E-state index contributed by atoms with van der Waals surface area (Å²) in [5.74, 6) is 0.885. The number of nitrogens with zero attached hydrogens (tertiary/aromatic N) is 2. The Morgan fingerprint density at radius 3 is 2.88 bits per heavy atom. The predicted octanol–water partition coefficient (Wildman–Crippen LogP) is 1.77. The molecule has 0 spiro atoms. The van der Waals surface area contributed by atoms with Crippen LogP contribution in [0.15, 0.2) is 30.7 Å². The van der Waals surface area contributed by atoms with Crippen molar-refractivity contribution in [3.63, 3.8) is 0 Å². The topological polar surface area (TPSA) is 53.1 Å². The van der Waals surface area contributed by atoms with E-state index in [2.05, 4.69) is 4.98 Å². The second kappa shape index (κ2) is 5.01. The van der Waals surface area contributed by atoms with Crippen LogP contribution in [-0.4, -0.2) is 9.55 Å². The van der Waals surface area contributed by atoms with E-state index in [0.717, 1.165) is 22.6 Å². The van der Waals surface area contributed by atoms with Crippen LogP contribution in [0.1, 0.15) is 16.8 Å². The molecule has 0 saturated heterocycles. The smallest absolute Gasteiger partial charge is 0.130 e. The first-order chi connectivity index (χ1) is 8.22. The van der Waals surface area contributed by atoms with Gasteiger partial charge in [-0.1, -0.05) is 18.2 Å². The molecule has 0 aliphatic carbocycles. The first-order valence-electron chi connectivity index (χ1n) is 5.59. The molecular formula is C13H17N3O. The predicted molar refractivity (Wildman–Crippen MR) is 66.6 cm³/mol. The molecule has 0 bridgehead atoms. The first kappa shape index (κ1) is 11.7. The van der Waals surface area contributed by atoms with Crippen molar-refractivity contribution < 1.29 is 4.74 Å². The molecule has 0 unspecified atom stereocenters. The van der Waals surface area contributed by atoms with Gasteiger partial charge in [0.2, 0.25) is 0 Å². The van der Waals surface area contributed by atoms with E-state index < -0.39 is 0 Å². The Bertz CT molecular complexity index is 505. The quantitative estimate of drug-likeness (QED) is 0.872. The van der Waals surface area contributed by atoms with E-state index in [9.17, 15) is 0 Å². The van der Waals surface area contributed by atoms with Gasteiger partial charge < -0.3 is 15.0 Å². The maximum absolute atomic E-state index is 5.84. The lowest BCUT2D eigenvalue weighted by atomic mass is 10.1. The lowest BCUT2D eigenvalue weighted by molar-refractivity contribution is 0.292. The molecule has 0 atom stereocenters. The van der Waals surface area contributed by atoms with E-state index in [1.165, 1.54) is 0 Å². The molecular weight excluding hydrogens is 214 g/mol. The molecule has 90 valence electrons. The molecule has 1 heterocycles. The van der Waals surface area contributed by atoms with Gasteiger partial charge in [0, 0.05) is 19.2 Å². The molecule has 1 aromatic heterocycles. The van der Waals surface area contributed by atoms with Gasteiger partial charge in [0.05, 0.1) is 18.2 Å². The van der Waals surface area contributed by atoms with Crippen LogP contribution in [0.4, 0.5) is 0 Å². The standard InChI is InChI=1S/C13H17N3O/c1-10-4-3-5-11(6-14)13(10)17-8-12-7-15-9-16(12)2/h3-5,7,9H,6,8,14H2,1-2H3. The molecule has 0 fully saturated rings. The lowest BCUT2D eigenvalue weighted by Gasteiger charge is -2.13. The number of aromatic nitrogens is 2. The van der Waals surface area contributed by atoms with Crippen LogP contribution in [0.5, 0.6) is 5.75 Å². The zero-order valence-corrected chi connectivity index (χ0v) is 10.2. The highest BCUT2D eigenvalue weighted by atomic mass is 16.5. The van der Waals surface area contributed by atoms with Gasteiger partial charge >= 0.3 is 0 Å². The summed E-state index contributed by atoms with van der Waals surface area (Å²) in [6.45, 7) is 3.02. The lowest BCUT2D eigenvalue weighted by Crippen LogP contribution is -2.06. The summed E-state index contributed by atoms with van der Waals surface area (Å²) in [6, 6.07) is 6.01. The van der Waals surface area contributed by atoms with Crippen molar-refractivity contribution in [1.82, 2.24) is 9.55 Å². The Balaban J connectivity index is 2.16. The Kier molecular flexibility index (Phi) is 3.44. The number of hydrogen-bond acceptors (Lipinski definition) is 3. The van der Waals surface area contributed by atoms with Crippen molar-refractivity contribution in [3.8, 4) is 5.75 Å². The van der Waals surface area contributed by atoms with Gasteiger partial charge in [0.25, 0.3) is 0 Å². The average Bonchev–Trinajstić information content (AvgIpc) is 2.73. The van der Waals surface area contributed by atoms with Crippen molar-refractivity contribution in [2.24, 2.45) is 12.8 Å². The minimum Gasteiger partial charge on any atom is -0.487 e. The molecule has 4 nitrogen and oxygen atoms in total. The van der Waals surface area contributed by atoms with Crippen LogP contribution in [-0.2, 0) is 20.2 Å². The van der Waals surface area contributed by atoms with Gasteiger partial charge in [-0.15, -0.1) is 0 Å². The number of aryl methyl sites for hydroxylation is 2. The Morgan fingerprint density at radius 1 is 1.41 bits per heavy atom. The fourth-order valence-electron chi connectivity index (χ4n) is 1.75. The number of nitrogens with two attached hydrogens (primary N) is 1. The second-order valence-corrected chi connectivity index (χ2v) is 4.05. The van der Waals surface area contributed by atoms with E-state index in [1.807, 2.05) is 36.7 Å². The summed E-state index contributed by atoms with van der Waals surface area (Å²) in [5, 5.41) is 0. The van der Waals surface area contributed by atoms with Gasteiger partial charge in [-0.3, -0.25) is 0 Å². The van der Waals surface area contributed by atoms with Crippen molar-refractivity contribution in [3.05, 3.63) is 47.5 Å². The highest BCUT2D eigenvalue weighted by Gasteiger charge is 2.07. The number of para-hydroxylation sites is 1. The van der Waals surface area contributed by atoms with E-state index >= 15 is 0 Å². The zero-order valence-electron chi connectivity index (χ0n) is 10.2. The fourth-order valence-corrected chi connectivity index (χ4v) is 1.75. The van der Waals surface area contributed by atoms with Crippen LogP contribution >= 0.6 is 0 Å². The SMILES string of the molecule is Cc1cccc(CN)c1OCc1cncn1C. The van der Waals surface area contributed by atoms with Gasteiger partial charge in [-0.2, -0.15) is 0 Å². The average molecular weight is 231 g/mol. The molecule has 1 aromatic carbocycles. The van der Waals surface area contributed by atoms with Crippen LogP contribution in [0.2, 0.25) is 0 Å². The molecule has 17 heavy (non-hydrogen) atoms. The minimum atomic E-state index is 0.488. The molecule has 0 saturated carbocycles. The van der Waals surface area contributed by atoms with Gasteiger partial charge in [0.1, 0.15) is 12.4 Å². The maximum Gasteiger partial charge on any atom is 0.130 e. The molecule has 4 heteroatoms. The zero-order chi connectivity index (χ0) is 12.3. The number of imidazole rings is 1. The molecule has 2 rings (SSSR count). The summed E-state index contributed by atoms with van der Waals surface area (Å²) in [6.07, 6.45) is 3.57. The monoisotopic (exact) mass is 231 g/mol. The molecule has 2 N–H and O–H groups in total. The Morgan fingerprint density at radius 2 is 2.24 bits per heavy atom. The van der Waals surface area contributed by atoms with E-state index in [-0.39, 0.29) is 0 Å². The number of ether oxygens (including phenoxy) is 1. The Labute approximate surface area is 101 Å². The van der Waals surface area contributed by atoms with Crippen LogP contribution in [0.3, 0.4) is 0 Å². The third-order valence-electron chi connectivity index (χ3n) is 2.79. The van der Waals surface area contributed by atoms with Crippen LogP contribution < -0.4 is 10.5 Å². The molecule has 2 aromatic rings. The number of rotatable bonds is 4. The number of hydrogen-bond donors (Lipinski definition) is 1. The van der Waals surface area contributed by atoms with Crippen LogP contribution in [0.25, 0.3) is 0 Å². The highest BCUT2D eigenvalue weighted by molar-refractivity contribution is 5.40. The summed E-state index contributed by atoms with van der Waals surface area (Å²) < 4.78 is 7.79. The van der Waals surface area contributed by atoms with Crippen LogP contribution in [0, 0.1) is 6.92 Å². The summed E-state index contributed by atoms with van der Waals surface area (Å²) in [5.41, 5.74) is 8.88. The van der Waals surface area contributed by atoms with Gasteiger partial charge in [-0.05, 0) is 12.5 Å². The summed E-state index contributed by atoms with van der Waals surface area (Å²) in [7, 11) is 1.95. The van der Waals surface area contributed by atoms with E-state index in [1.54, 1.807) is 12.5 Å². The van der Waals surface area contributed by atoms with Crippen molar-refractivity contribution in [2.45, 2.75) is 20.1 Å². The normalized spacial score (nSPS) is 10.5.